The molecule has 9 heteroatoms. The minimum absolute atomic E-state index is 0.0548. The molecule has 2 heterocycles. The molecule has 2 aliphatic rings. The number of carbonyl (C=O) groups excluding carboxylic acids is 1. The predicted molar refractivity (Wildman–Crippen MR) is 116 cm³/mol. The van der Waals surface area contributed by atoms with Crippen LogP contribution in [0.2, 0.25) is 0 Å². The first-order chi connectivity index (χ1) is 15.0. The summed E-state index contributed by atoms with van der Waals surface area (Å²) in [5, 5.41) is 0. The van der Waals surface area contributed by atoms with Gasteiger partial charge in [-0.3, -0.25) is 4.79 Å². The molecule has 4 rings (SSSR count). The number of benzene rings is 1. The van der Waals surface area contributed by atoms with E-state index in [1.54, 1.807) is 12.1 Å². The first-order valence-electron chi connectivity index (χ1n) is 11.3. The molecule has 1 aliphatic carbocycles. The van der Waals surface area contributed by atoms with E-state index in [4.69, 9.17) is 9.47 Å². The smallest absolute Gasteiger partial charge is 0.306 e. The average Bonchev–Trinajstić information content (AvgIpc) is 3.15. The lowest BCUT2D eigenvalue weighted by molar-refractivity contribution is -0.150. The van der Waals surface area contributed by atoms with E-state index in [1.165, 1.54) is 10.7 Å². The number of ether oxygens (including phenoxy) is 2. The highest BCUT2D eigenvalue weighted by Crippen LogP contribution is 2.25. The van der Waals surface area contributed by atoms with Gasteiger partial charge in [-0.2, -0.15) is 4.31 Å². The first kappa shape index (κ1) is 22.2. The van der Waals surface area contributed by atoms with Gasteiger partial charge in [-0.05, 0) is 50.8 Å². The molecule has 0 spiro atoms. The second kappa shape index (κ2) is 9.67. The third kappa shape index (κ3) is 4.94. The lowest BCUT2D eigenvalue weighted by Gasteiger charge is -2.26. The minimum Gasteiger partial charge on any atom is -0.462 e. The van der Waals surface area contributed by atoms with Gasteiger partial charge in [-0.25, -0.2) is 13.4 Å². The van der Waals surface area contributed by atoms with Crippen LogP contribution in [0.1, 0.15) is 51.3 Å². The van der Waals surface area contributed by atoms with Crippen LogP contribution in [0.15, 0.2) is 23.1 Å². The van der Waals surface area contributed by atoms with Gasteiger partial charge in [-0.15, -0.1) is 0 Å². The van der Waals surface area contributed by atoms with Crippen molar-refractivity contribution in [3.63, 3.8) is 0 Å². The fraction of sp³-hybridized carbons (Fsp3) is 0.636. The summed E-state index contributed by atoms with van der Waals surface area (Å²) in [4.78, 5) is 17.2. The molecule has 8 nitrogen and oxygen atoms in total. The Hall–Kier alpha value is -1.97. The van der Waals surface area contributed by atoms with Crippen LogP contribution in [-0.2, 0) is 37.3 Å². The van der Waals surface area contributed by atoms with E-state index in [2.05, 4.69) is 4.98 Å². The predicted octanol–water partition coefficient (Wildman–Crippen LogP) is 2.89. The number of aryl methyl sites for hydroxylation is 2. The first-order valence-corrected chi connectivity index (χ1v) is 12.7. The second-order valence-corrected chi connectivity index (χ2v) is 10.1. The maximum atomic E-state index is 13.0. The Balaban J connectivity index is 1.49. The molecule has 1 saturated heterocycles. The molecule has 1 saturated carbocycles. The molecule has 170 valence electrons. The third-order valence-electron chi connectivity index (χ3n) is 6.13. The van der Waals surface area contributed by atoms with Crippen LogP contribution in [0, 0.1) is 0 Å². The number of hydrogen-bond donors (Lipinski definition) is 0. The molecule has 31 heavy (non-hydrogen) atoms. The summed E-state index contributed by atoms with van der Waals surface area (Å²) in [6.07, 6.45) is 6.19. The number of rotatable bonds is 7. The van der Waals surface area contributed by atoms with Crippen LogP contribution in [0.3, 0.4) is 0 Å². The zero-order valence-corrected chi connectivity index (χ0v) is 18.9. The van der Waals surface area contributed by atoms with E-state index < -0.39 is 10.0 Å². The summed E-state index contributed by atoms with van der Waals surface area (Å²) in [7, 11) is -3.58. The highest BCUT2D eigenvalue weighted by atomic mass is 32.2. The normalized spacial score (nSPS) is 19.0. The lowest BCUT2D eigenvalue weighted by atomic mass is 9.98. The fourth-order valence-electron chi connectivity index (χ4n) is 4.44. The summed E-state index contributed by atoms with van der Waals surface area (Å²) < 4.78 is 40.3. The summed E-state index contributed by atoms with van der Waals surface area (Å²) >= 11 is 0. The van der Waals surface area contributed by atoms with Crippen molar-refractivity contribution in [2.75, 3.05) is 26.3 Å². The van der Waals surface area contributed by atoms with Gasteiger partial charge in [0.05, 0.1) is 35.6 Å². The van der Waals surface area contributed by atoms with E-state index in [-0.39, 0.29) is 23.4 Å². The van der Waals surface area contributed by atoms with Gasteiger partial charge in [0, 0.05) is 26.1 Å². The molecule has 0 radical (unpaired) electrons. The van der Waals surface area contributed by atoms with Gasteiger partial charge in [0.25, 0.3) is 0 Å². The summed E-state index contributed by atoms with van der Waals surface area (Å²) in [6, 6.07) is 5.08. The Labute approximate surface area is 183 Å². The molecular formula is C22H31N3O5S. The number of fused-ring (bicyclic) bond motifs is 1. The van der Waals surface area contributed by atoms with Crippen molar-refractivity contribution in [2.24, 2.45) is 0 Å². The van der Waals surface area contributed by atoms with Crippen molar-refractivity contribution in [1.82, 2.24) is 13.9 Å². The van der Waals surface area contributed by atoms with Crippen LogP contribution < -0.4 is 0 Å². The van der Waals surface area contributed by atoms with Gasteiger partial charge in [0.1, 0.15) is 11.9 Å². The van der Waals surface area contributed by atoms with E-state index in [9.17, 15) is 13.2 Å². The third-order valence-corrected chi connectivity index (χ3v) is 8.02. The molecule has 0 unspecified atom stereocenters. The quantitative estimate of drug-likeness (QED) is 0.604. The lowest BCUT2D eigenvalue weighted by Crippen LogP contribution is -2.40. The largest absolute Gasteiger partial charge is 0.462 e. The maximum Gasteiger partial charge on any atom is 0.306 e. The number of morpholine rings is 1. The molecule has 1 aliphatic heterocycles. The van der Waals surface area contributed by atoms with Crippen molar-refractivity contribution in [3.8, 4) is 0 Å². The topological polar surface area (TPSA) is 90.7 Å². The molecule has 0 atom stereocenters. The fourth-order valence-corrected chi connectivity index (χ4v) is 5.87. The monoisotopic (exact) mass is 449 g/mol. The van der Waals surface area contributed by atoms with Gasteiger partial charge < -0.3 is 14.0 Å². The Morgan fingerprint density at radius 1 is 1.19 bits per heavy atom. The zero-order chi connectivity index (χ0) is 21.8. The standard InChI is InChI=1S/C22H31N3O5S/c1-2-25-20-9-8-18(31(27,28)24-12-14-29-15-13-24)16-19(20)23-21(25)10-11-22(26)30-17-6-4-3-5-7-17/h8-9,16-17H,2-7,10-15H2,1H3. The summed E-state index contributed by atoms with van der Waals surface area (Å²) in [6.45, 7) is 4.25. The van der Waals surface area contributed by atoms with Crippen molar-refractivity contribution < 1.29 is 22.7 Å². The van der Waals surface area contributed by atoms with Crippen LogP contribution >= 0.6 is 0 Å². The van der Waals surface area contributed by atoms with Crippen molar-refractivity contribution in [2.45, 2.75) is 69.4 Å². The summed E-state index contributed by atoms with van der Waals surface area (Å²) in [5.41, 5.74) is 1.51. The van der Waals surface area contributed by atoms with E-state index >= 15 is 0 Å². The SMILES string of the molecule is CCn1c(CCC(=O)OC2CCCCC2)nc2cc(S(=O)(=O)N3CCOCC3)ccc21. The highest BCUT2D eigenvalue weighted by molar-refractivity contribution is 7.89. The van der Waals surface area contributed by atoms with Crippen molar-refractivity contribution >= 4 is 27.0 Å². The summed E-state index contributed by atoms with van der Waals surface area (Å²) in [5.74, 6) is 0.594. The van der Waals surface area contributed by atoms with Crippen LogP contribution in [0.4, 0.5) is 0 Å². The molecule has 0 amide bonds. The van der Waals surface area contributed by atoms with E-state index in [0.29, 0.717) is 44.8 Å². The molecular weight excluding hydrogens is 418 g/mol. The molecule has 2 aromatic rings. The van der Waals surface area contributed by atoms with Crippen LogP contribution in [0.25, 0.3) is 11.0 Å². The Morgan fingerprint density at radius 2 is 1.94 bits per heavy atom. The van der Waals surface area contributed by atoms with Gasteiger partial charge in [0.15, 0.2) is 0 Å². The second-order valence-electron chi connectivity index (χ2n) is 8.19. The van der Waals surface area contributed by atoms with E-state index in [1.807, 2.05) is 17.6 Å². The molecule has 1 aromatic heterocycles. The van der Waals surface area contributed by atoms with Crippen molar-refractivity contribution in [3.05, 3.63) is 24.0 Å². The van der Waals surface area contributed by atoms with Crippen molar-refractivity contribution in [1.29, 1.82) is 0 Å². The molecule has 2 fully saturated rings. The van der Waals surface area contributed by atoms with Crippen LogP contribution in [-0.4, -0.2) is 60.7 Å². The van der Waals surface area contributed by atoms with Gasteiger partial charge in [-0.1, -0.05) is 6.42 Å². The Bertz CT molecular complexity index is 1020. The number of nitrogens with zero attached hydrogens (tertiary/aromatic N) is 3. The number of hydrogen-bond acceptors (Lipinski definition) is 6. The average molecular weight is 450 g/mol. The van der Waals surface area contributed by atoms with Crippen LogP contribution in [0.5, 0.6) is 0 Å². The number of aromatic nitrogens is 2. The minimum atomic E-state index is -3.58. The Kier molecular flexibility index (Phi) is 6.93. The molecule has 0 bridgehead atoms. The Morgan fingerprint density at radius 3 is 2.65 bits per heavy atom. The number of sulfonamides is 1. The van der Waals surface area contributed by atoms with E-state index in [0.717, 1.165) is 37.0 Å². The highest BCUT2D eigenvalue weighted by Gasteiger charge is 2.27. The maximum absolute atomic E-state index is 13.0. The van der Waals surface area contributed by atoms with Gasteiger partial charge in [0.2, 0.25) is 10.0 Å². The zero-order valence-electron chi connectivity index (χ0n) is 18.1. The number of esters is 1. The molecule has 1 aromatic carbocycles. The molecule has 0 N–H and O–H groups in total. The number of imidazole rings is 1. The number of carbonyl (C=O) groups is 1. The van der Waals surface area contributed by atoms with Gasteiger partial charge >= 0.3 is 5.97 Å².